The number of halogens is 1. The molecule has 3 aromatic rings. The number of alkyl halides is 1. The lowest BCUT2D eigenvalue weighted by molar-refractivity contribution is -0.124. The van der Waals surface area contributed by atoms with Gasteiger partial charge in [0.25, 0.3) is 5.91 Å². The molecule has 1 fully saturated rings. The number of hydrogen-bond acceptors (Lipinski definition) is 6. The average molecular weight is 515 g/mol. The summed E-state index contributed by atoms with van der Waals surface area (Å²) in [4.78, 5) is 22.7. The van der Waals surface area contributed by atoms with Crippen LogP contribution >= 0.6 is 22.6 Å². The van der Waals surface area contributed by atoms with Gasteiger partial charge in [-0.3, -0.25) is 19.9 Å². The van der Waals surface area contributed by atoms with Crippen molar-refractivity contribution in [3.05, 3.63) is 72.1 Å². The van der Waals surface area contributed by atoms with Crippen molar-refractivity contribution < 1.29 is 10.0 Å². The minimum Gasteiger partial charge on any atom is -0.365 e. The number of hydrogen-bond donors (Lipinski definition) is 3. The normalized spacial score (nSPS) is 19.4. The number of anilines is 1. The highest BCUT2D eigenvalue weighted by molar-refractivity contribution is 14.1. The fourth-order valence-corrected chi connectivity index (χ4v) is 4.54. The highest BCUT2D eigenvalue weighted by Gasteiger charge is 2.32. The van der Waals surface area contributed by atoms with Crippen LogP contribution in [0.15, 0.2) is 60.8 Å². The Hall–Kier alpha value is -2.56. The summed E-state index contributed by atoms with van der Waals surface area (Å²) in [5, 5.41) is 13.2. The first-order valence-electron chi connectivity index (χ1n) is 9.70. The van der Waals surface area contributed by atoms with Crippen LogP contribution in [0.2, 0.25) is 0 Å². The standard InChI is InChI=1S/C22H22IN5O2/c23-22-19(26-20-9-5-15(13-24-20)6-10-21(29)27-30)11-12-28(22)14-17-8-7-16-3-1-2-4-18(16)25-17/h1-10,13,19,22,30H,11-12,14H2,(H,24,26)(H,27,29)/t19-,22?/m1/s1. The molecule has 0 bridgehead atoms. The van der Waals surface area contributed by atoms with E-state index in [1.807, 2.05) is 24.3 Å². The Morgan fingerprint density at radius 1 is 1.23 bits per heavy atom. The third kappa shape index (κ3) is 4.94. The van der Waals surface area contributed by atoms with Crippen molar-refractivity contribution in [2.24, 2.45) is 0 Å². The molecule has 4 rings (SSSR count). The van der Waals surface area contributed by atoms with Crippen LogP contribution in [0.4, 0.5) is 5.82 Å². The molecule has 2 aromatic heterocycles. The van der Waals surface area contributed by atoms with E-state index in [0.29, 0.717) is 10.1 Å². The Balaban J connectivity index is 1.36. The molecular weight excluding hydrogens is 493 g/mol. The van der Waals surface area contributed by atoms with E-state index in [2.05, 4.69) is 62.1 Å². The van der Waals surface area contributed by atoms with Gasteiger partial charge in [0.15, 0.2) is 0 Å². The summed E-state index contributed by atoms with van der Waals surface area (Å²) < 4.78 is 0.325. The molecule has 30 heavy (non-hydrogen) atoms. The van der Waals surface area contributed by atoms with Gasteiger partial charge in [-0.15, -0.1) is 0 Å². The summed E-state index contributed by atoms with van der Waals surface area (Å²) in [6, 6.07) is 16.5. The molecule has 1 saturated heterocycles. The lowest BCUT2D eigenvalue weighted by Crippen LogP contribution is -2.33. The van der Waals surface area contributed by atoms with E-state index >= 15 is 0 Å². The lowest BCUT2D eigenvalue weighted by Gasteiger charge is -2.23. The molecule has 1 unspecified atom stereocenters. The summed E-state index contributed by atoms with van der Waals surface area (Å²) in [5.74, 6) is 0.230. The monoisotopic (exact) mass is 515 g/mol. The summed E-state index contributed by atoms with van der Waals surface area (Å²) in [6.07, 6.45) is 5.57. The summed E-state index contributed by atoms with van der Waals surface area (Å²) in [6.45, 7) is 1.82. The third-order valence-electron chi connectivity index (χ3n) is 5.09. The van der Waals surface area contributed by atoms with Crippen molar-refractivity contribution in [2.75, 3.05) is 11.9 Å². The fraction of sp³-hybridized carbons (Fsp3) is 0.227. The van der Waals surface area contributed by atoms with Gasteiger partial charge in [0.1, 0.15) is 5.82 Å². The zero-order valence-corrected chi connectivity index (χ0v) is 18.4. The first-order chi connectivity index (χ1) is 14.6. The number of nitrogens with one attached hydrogen (secondary N) is 2. The Bertz CT molecular complexity index is 1060. The molecule has 1 aromatic carbocycles. The van der Waals surface area contributed by atoms with Crippen LogP contribution in [0.1, 0.15) is 17.7 Å². The number of aromatic nitrogens is 2. The van der Waals surface area contributed by atoms with Crippen LogP contribution in [0.3, 0.4) is 0 Å². The molecule has 1 aliphatic rings. The van der Waals surface area contributed by atoms with Gasteiger partial charge in [0.2, 0.25) is 0 Å². The molecule has 0 spiro atoms. The van der Waals surface area contributed by atoms with Crippen molar-refractivity contribution in [3.63, 3.8) is 0 Å². The molecule has 7 nitrogen and oxygen atoms in total. The fourth-order valence-electron chi connectivity index (χ4n) is 3.52. The van der Waals surface area contributed by atoms with Gasteiger partial charge in [-0.1, -0.05) is 46.9 Å². The average Bonchev–Trinajstić information content (AvgIpc) is 3.12. The minimum atomic E-state index is -0.572. The maximum absolute atomic E-state index is 11.1. The number of benzene rings is 1. The number of fused-ring (bicyclic) bond motifs is 1. The van der Waals surface area contributed by atoms with Crippen molar-refractivity contribution in [3.8, 4) is 0 Å². The third-order valence-corrected chi connectivity index (χ3v) is 6.74. The number of carbonyl (C=O) groups is 1. The largest absolute Gasteiger partial charge is 0.365 e. The van der Waals surface area contributed by atoms with Gasteiger partial charge in [-0.05, 0) is 42.3 Å². The zero-order valence-electron chi connectivity index (χ0n) is 16.2. The quantitative estimate of drug-likeness (QED) is 0.116. The lowest BCUT2D eigenvalue weighted by atomic mass is 10.2. The van der Waals surface area contributed by atoms with Gasteiger partial charge >= 0.3 is 0 Å². The Morgan fingerprint density at radius 2 is 2.10 bits per heavy atom. The summed E-state index contributed by atoms with van der Waals surface area (Å²) in [5.41, 5.74) is 4.46. The van der Waals surface area contributed by atoms with Crippen molar-refractivity contribution in [1.29, 1.82) is 0 Å². The molecule has 154 valence electrons. The first kappa shape index (κ1) is 20.7. The zero-order chi connectivity index (χ0) is 20.9. The van der Waals surface area contributed by atoms with Crippen molar-refractivity contribution in [2.45, 2.75) is 23.1 Å². The molecule has 1 aliphatic heterocycles. The van der Waals surface area contributed by atoms with Gasteiger partial charge in [-0.2, -0.15) is 0 Å². The molecule has 8 heteroatoms. The molecule has 0 radical (unpaired) electrons. The topological polar surface area (TPSA) is 90.4 Å². The van der Waals surface area contributed by atoms with Gasteiger partial charge in [-0.25, -0.2) is 10.5 Å². The maximum atomic E-state index is 11.1. The smallest absolute Gasteiger partial charge is 0.267 e. The van der Waals surface area contributed by atoms with Gasteiger partial charge in [0, 0.05) is 30.7 Å². The SMILES string of the molecule is O=C(C=Cc1ccc(N[C@@H]2CCN(Cc3ccc4ccccc4n3)C2I)nc1)NO. The Kier molecular flexibility index (Phi) is 6.56. The van der Waals surface area contributed by atoms with Gasteiger partial charge in [0.05, 0.1) is 21.3 Å². The summed E-state index contributed by atoms with van der Waals surface area (Å²) >= 11 is 2.49. The number of para-hydroxylation sites is 1. The molecule has 3 N–H and O–H groups in total. The number of carbonyl (C=O) groups excluding carboxylic acids is 1. The van der Waals surface area contributed by atoms with E-state index in [-0.39, 0.29) is 0 Å². The first-order valence-corrected chi connectivity index (χ1v) is 10.9. The van der Waals surface area contributed by atoms with E-state index in [1.165, 1.54) is 6.08 Å². The van der Waals surface area contributed by atoms with E-state index in [0.717, 1.165) is 47.5 Å². The number of likely N-dealkylation sites (tertiary alicyclic amines) is 1. The minimum absolute atomic E-state index is 0.292. The second kappa shape index (κ2) is 9.50. The summed E-state index contributed by atoms with van der Waals surface area (Å²) in [7, 11) is 0. The Labute approximate surface area is 188 Å². The van der Waals surface area contributed by atoms with E-state index < -0.39 is 5.91 Å². The molecular formula is C22H22IN5O2. The number of rotatable bonds is 6. The highest BCUT2D eigenvalue weighted by Crippen LogP contribution is 2.28. The Morgan fingerprint density at radius 3 is 2.90 bits per heavy atom. The molecule has 0 saturated carbocycles. The van der Waals surface area contributed by atoms with E-state index in [9.17, 15) is 4.79 Å². The molecule has 3 heterocycles. The van der Waals surface area contributed by atoms with Crippen molar-refractivity contribution >= 4 is 51.3 Å². The van der Waals surface area contributed by atoms with Crippen molar-refractivity contribution in [1.82, 2.24) is 20.3 Å². The molecule has 2 atom stereocenters. The number of amides is 1. The van der Waals surface area contributed by atoms with E-state index in [4.69, 9.17) is 10.2 Å². The van der Waals surface area contributed by atoms with E-state index in [1.54, 1.807) is 17.8 Å². The molecule has 0 aliphatic carbocycles. The van der Waals surface area contributed by atoms with Gasteiger partial charge < -0.3 is 5.32 Å². The highest BCUT2D eigenvalue weighted by atomic mass is 127. The number of pyridine rings is 2. The van der Waals surface area contributed by atoms with Crippen LogP contribution in [0.5, 0.6) is 0 Å². The second-order valence-electron chi connectivity index (χ2n) is 7.16. The van der Waals surface area contributed by atoms with Crippen LogP contribution in [0, 0.1) is 0 Å². The maximum Gasteiger partial charge on any atom is 0.267 e. The van der Waals surface area contributed by atoms with Crippen LogP contribution < -0.4 is 10.8 Å². The number of nitrogens with zero attached hydrogens (tertiary/aromatic N) is 3. The van der Waals surface area contributed by atoms with Crippen LogP contribution in [0.25, 0.3) is 17.0 Å². The predicted octanol–water partition coefficient (Wildman–Crippen LogP) is 3.60. The molecule has 1 amide bonds. The number of hydroxylamine groups is 1. The van der Waals surface area contributed by atoms with Crippen LogP contribution in [-0.4, -0.2) is 42.6 Å². The van der Waals surface area contributed by atoms with Crippen LogP contribution in [-0.2, 0) is 11.3 Å². The predicted molar refractivity (Wildman–Crippen MR) is 125 cm³/mol. The second-order valence-corrected chi connectivity index (χ2v) is 8.44.